The number of anilines is 2. The number of nitrogen functional groups attached to an aromatic ring is 1. The van der Waals surface area contributed by atoms with Gasteiger partial charge in [0.15, 0.2) is 17.1 Å². The second-order valence-corrected chi connectivity index (χ2v) is 6.76. The van der Waals surface area contributed by atoms with E-state index >= 15 is 0 Å². The van der Waals surface area contributed by atoms with Crippen LogP contribution in [-0.4, -0.2) is 35.7 Å². The van der Waals surface area contributed by atoms with E-state index in [4.69, 9.17) is 15.2 Å². The third-order valence-electron chi connectivity index (χ3n) is 4.83. The molecule has 0 saturated heterocycles. The topological polar surface area (TPSA) is 95.2 Å². The molecule has 4 rings (SSSR count). The maximum Gasteiger partial charge on any atom is 0.224 e. The Morgan fingerprint density at radius 3 is 2.47 bits per heavy atom. The number of nitrogens with one attached hydrogen (secondary N) is 1. The van der Waals surface area contributed by atoms with Crippen molar-refractivity contribution in [1.82, 2.24) is 15.0 Å². The van der Waals surface area contributed by atoms with Gasteiger partial charge in [0.1, 0.15) is 5.82 Å². The number of hydrogen-bond acceptors (Lipinski definition) is 7. The van der Waals surface area contributed by atoms with E-state index in [1.807, 2.05) is 42.5 Å². The molecule has 3 N–H and O–H groups in total. The van der Waals surface area contributed by atoms with Crippen LogP contribution in [0.1, 0.15) is 5.56 Å². The highest BCUT2D eigenvalue weighted by Gasteiger charge is 2.11. The van der Waals surface area contributed by atoms with Crippen LogP contribution in [0.3, 0.4) is 0 Å². The van der Waals surface area contributed by atoms with Crippen molar-refractivity contribution >= 4 is 22.8 Å². The van der Waals surface area contributed by atoms with E-state index in [-0.39, 0.29) is 5.95 Å². The molecule has 0 fully saturated rings. The van der Waals surface area contributed by atoms with Crippen LogP contribution in [-0.2, 0) is 6.42 Å². The van der Waals surface area contributed by atoms with Gasteiger partial charge in [-0.1, -0.05) is 36.4 Å². The number of aromatic nitrogens is 3. The number of hydrogen-bond donors (Lipinski definition) is 2. The minimum Gasteiger partial charge on any atom is -0.493 e. The maximum atomic E-state index is 5.89. The molecule has 0 aliphatic heterocycles. The normalized spacial score (nSPS) is 10.7. The van der Waals surface area contributed by atoms with E-state index in [0.29, 0.717) is 23.0 Å². The Morgan fingerprint density at radius 2 is 1.70 bits per heavy atom. The van der Waals surface area contributed by atoms with E-state index in [9.17, 15) is 0 Å². The van der Waals surface area contributed by atoms with Crippen molar-refractivity contribution in [2.45, 2.75) is 6.42 Å². The molecule has 0 unspecified atom stereocenters. The van der Waals surface area contributed by atoms with Crippen molar-refractivity contribution in [3.63, 3.8) is 0 Å². The van der Waals surface area contributed by atoms with Crippen molar-refractivity contribution in [2.75, 3.05) is 31.8 Å². The van der Waals surface area contributed by atoms with Gasteiger partial charge in [0.05, 0.1) is 19.6 Å². The third-order valence-corrected chi connectivity index (χ3v) is 4.83. The first-order valence-electron chi connectivity index (χ1n) is 9.61. The zero-order valence-electron chi connectivity index (χ0n) is 16.9. The summed E-state index contributed by atoms with van der Waals surface area (Å²) in [7, 11) is 3.23. The number of methoxy groups -OCH3 is 2. The van der Waals surface area contributed by atoms with Gasteiger partial charge in [-0.15, -0.1) is 0 Å². The quantitative estimate of drug-likeness (QED) is 0.484. The van der Waals surface area contributed by atoms with Crippen molar-refractivity contribution in [3.05, 3.63) is 66.4 Å². The molecule has 0 aliphatic rings. The van der Waals surface area contributed by atoms with E-state index in [1.165, 1.54) is 5.56 Å². The molecule has 0 atom stereocenters. The minimum absolute atomic E-state index is 0.191. The van der Waals surface area contributed by atoms with Crippen molar-refractivity contribution < 1.29 is 9.47 Å². The van der Waals surface area contributed by atoms with E-state index < -0.39 is 0 Å². The minimum atomic E-state index is 0.191. The van der Waals surface area contributed by atoms with Crippen LogP contribution < -0.4 is 20.5 Å². The number of pyridine rings is 1. The molecule has 4 aromatic rings. The number of nitrogens with two attached hydrogens (primary N) is 1. The molecular formula is C23H23N5O2. The van der Waals surface area contributed by atoms with Gasteiger partial charge in [-0.3, -0.25) is 0 Å². The molecular weight excluding hydrogens is 378 g/mol. The first-order chi connectivity index (χ1) is 14.7. The van der Waals surface area contributed by atoms with Crippen molar-refractivity contribution in [2.24, 2.45) is 0 Å². The second-order valence-electron chi connectivity index (χ2n) is 6.76. The lowest BCUT2D eigenvalue weighted by Crippen LogP contribution is -2.09. The molecule has 0 radical (unpaired) electrons. The average Bonchev–Trinajstić information content (AvgIpc) is 2.79. The van der Waals surface area contributed by atoms with Crippen LogP contribution in [0, 0.1) is 0 Å². The number of ether oxygens (including phenoxy) is 2. The predicted octanol–water partition coefficient (Wildman–Crippen LogP) is 3.95. The summed E-state index contributed by atoms with van der Waals surface area (Å²) in [5.41, 5.74) is 9.57. The first-order valence-corrected chi connectivity index (χ1v) is 9.61. The molecule has 0 aliphatic carbocycles. The van der Waals surface area contributed by atoms with Gasteiger partial charge in [-0.25, -0.2) is 4.98 Å². The van der Waals surface area contributed by atoms with Crippen LogP contribution in [0.25, 0.3) is 22.2 Å². The van der Waals surface area contributed by atoms with Gasteiger partial charge in [-0.05, 0) is 35.7 Å². The van der Waals surface area contributed by atoms with Crippen LogP contribution in [0.2, 0.25) is 0 Å². The van der Waals surface area contributed by atoms with Crippen LogP contribution in [0.5, 0.6) is 11.5 Å². The average molecular weight is 401 g/mol. The van der Waals surface area contributed by atoms with E-state index in [2.05, 4.69) is 32.4 Å². The smallest absolute Gasteiger partial charge is 0.224 e. The predicted molar refractivity (Wildman–Crippen MR) is 119 cm³/mol. The molecule has 7 heteroatoms. The van der Waals surface area contributed by atoms with E-state index in [1.54, 1.807) is 20.4 Å². The summed E-state index contributed by atoms with van der Waals surface area (Å²) in [4.78, 5) is 13.2. The third kappa shape index (κ3) is 4.10. The lowest BCUT2D eigenvalue weighted by molar-refractivity contribution is 0.355. The molecule has 0 amide bonds. The van der Waals surface area contributed by atoms with Gasteiger partial charge >= 0.3 is 0 Å². The van der Waals surface area contributed by atoms with Crippen molar-refractivity contribution in [3.8, 4) is 22.6 Å². The number of fused-ring (bicyclic) bond motifs is 1. The molecule has 0 spiro atoms. The molecule has 0 saturated carbocycles. The van der Waals surface area contributed by atoms with Gasteiger partial charge in [-0.2, -0.15) is 9.97 Å². The highest BCUT2D eigenvalue weighted by Crippen LogP contribution is 2.33. The van der Waals surface area contributed by atoms with E-state index in [0.717, 1.165) is 29.5 Å². The second kappa shape index (κ2) is 8.65. The lowest BCUT2D eigenvalue weighted by Gasteiger charge is -2.12. The largest absolute Gasteiger partial charge is 0.493 e. The van der Waals surface area contributed by atoms with Crippen LogP contribution in [0.4, 0.5) is 11.8 Å². The zero-order valence-corrected chi connectivity index (χ0v) is 16.9. The molecule has 0 bridgehead atoms. The summed E-state index contributed by atoms with van der Waals surface area (Å²) in [6.45, 7) is 0.718. The SMILES string of the molecule is COc1ccc(-c2cnc3nc(N)nc(NCCc4ccccc4)c3c2)cc1OC. The summed E-state index contributed by atoms with van der Waals surface area (Å²) < 4.78 is 10.7. The van der Waals surface area contributed by atoms with Gasteiger partial charge < -0.3 is 20.5 Å². The molecule has 7 nitrogen and oxygen atoms in total. The fourth-order valence-corrected chi connectivity index (χ4v) is 3.31. The standard InChI is InChI=1S/C23H23N5O2/c1-29-19-9-8-16(13-20(19)30-2)17-12-18-21(27-23(24)28-22(18)26-14-17)25-11-10-15-6-4-3-5-7-15/h3-9,12-14H,10-11H2,1-2H3,(H3,24,25,26,27,28). The lowest BCUT2D eigenvalue weighted by atomic mass is 10.1. The van der Waals surface area contributed by atoms with Gasteiger partial charge in [0, 0.05) is 18.3 Å². The summed E-state index contributed by atoms with van der Waals surface area (Å²) >= 11 is 0. The Labute approximate surface area is 174 Å². The molecule has 30 heavy (non-hydrogen) atoms. The Morgan fingerprint density at radius 1 is 0.900 bits per heavy atom. The Hall–Kier alpha value is -3.87. The first kappa shape index (κ1) is 19.4. The van der Waals surface area contributed by atoms with Crippen LogP contribution >= 0.6 is 0 Å². The number of rotatable bonds is 7. The van der Waals surface area contributed by atoms with Gasteiger partial charge in [0.2, 0.25) is 5.95 Å². The Bertz CT molecular complexity index is 1170. The summed E-state index contributed by atoms with van der Waals surface area (Å²) in [5.74, 6) is 2.19. The Balaban J connectivity index is 1.66. The summed E-state index contributed by atoms with van der Waals surface area (Å²) in [5, 5.41) is 4.19. The maximum absolute atomic E-state index is 5.89. The van der Waals surface area contributed by atoms with Crippen LogP contribution in [0.15, 0.2) is 60.8 Å². The number of nitrogens with zero attached hydrogens (tertiary/aromatic N) is 3. The number of benzene rings is 2. The molecule has 2 heterocycles. The zero-order chi connectivity index (χ0) is 20.9. The Kier molecular flexibility index (Phi) is 5.61. The molecule has 152 valence electrons. The molecule has 2 aromatic carbocycles. The van der Waals surface area contributed by atoms with Crippen molar-refractivity contribution in [1.29, 1.82) is 0 Å². The summed E-state index contributed by atoms with van der Waals surface area (Å²) in [6, 6.07) is 18.0. The van der Waals surface area contributed by atoms with Gasteiger partial charge in [0.25, 0.3) is 0 Å². The highest BCUT2D eigenvalue weighted by molar-refractivity contribution is 5.90. The highest BCUT2D eigenvalue weighted by atomic mass is 16.5. The fourth-order valence-electron chi connectivity index (χ4n) is 3.31. The molecule has 2 aromatic heterocycles. The fraction of sp³-hybridized carbons (Fsp3) is 0.174. The monoisotopic (exact) mass is 401 g/mol. The summed E-state index contributed by atoms with van der Waals surface area (Å²) in [6.07, 6.45) is 2.64.